The second kappa shape index (κ2) is 10.5. The Bertz CT molecular complexity index is 912. The number of hydrogen-bond acceptors (Lipinski definition) is 6. The average molecular weight is 468 g/mol. The summed E-state index contributed by atoms with van der Waals surface area (Å²) in [5.74, 6) is -0.192. The number of anilines is 2. The molecule has 6 nitrogen and oxygen atoms in total. The van der Waals surface area contributed by atoms with Gasteiger partial charge in [0.15, 0.2) is 11.6 Å². The first-order valence-corrected chi connectivity index (χ1v) is 11.5. The molecule has 180 valence electrons. The lowest BCUT2D eigenvalue weighted by molar-refractivity contribution is -0.274. The van der Waals surface area contributed by atoms with Gasteiger partial charge in [0.2, 0.25) is 5.95 Å². The molecule has 1 aromatic heterocycles. The Kier molecular flexibility index (Phi) is 7.52. The Morgan fingerprint density at radius 2 is 1.76 bits per heavy atom. The van der Waals surface area contributed by atoms with E-state index in [4.69, 9.17) is 0 Å². The molecule has 2 fully saturated rings. The molecule has 2 N–H and O–H groups in total. The van der Waals surface area contributed by atoms with E-state index in [0.717, 1.165) is 19.0 Å². The summed E-state index contributed by atoms with van der Waals surface area (Å²) >= 11 is 0. The number of nitrogens with one attached hydrogen (secondary N) is 2. The summed E-state index contributed by atoms with van der Waals surface area (Å²) in [5, 5.41) is 5.94. The van der Waals surface area contributed by atoms with E-state index >= 15 is 0 Å². The highest BCUT2D eigenvalue weighted by Gasteiger charge is 2.32. The van der Waals surface area contributed by atoms with Gasteiger partial charge in [0.1, 0.15) is 5.75 Å². The second-order valence-corrected chi connectivity index (χ2v) is 8.70. The molecule has 1 saturated heterocycles. The van der Waals surface area contributed by atoms with Crippen molar-refractivity contribution in [1.82, 2.24) is 14.9 Å². The van der Waals surface area contributed by atoms with E-state index < -0.39 is 12.2 Å². The molecule has 2 aromatic rings. The Morgan fingerprint density at radius 1 is 1.03 bits per heavy atom. The summed E-state index contributed by atoms with van der Waals surface area (Å²) in [6, 6.07) is 6.49. The van der Waals surface area contributed by atoms with Gasteiger partial charge in [-0.05, 0) is 63.6 Å². The lowest BCUT2D eigenvalue weighted by Gasteiger charge is -2.34. The molecular formula is C23H29F4N5O. The maximum atomic E-state index is 14.2. The van der Waals surface area contributed by atoms with Crippen LogP contribution < -0.4 is 15.4 Å². The maximum absolute atomic E-state index is 14.2. The van der Waals surface area contributed by atoms with Gasteiger partial charge in [0, 0.05) is 24.7 Å². The van der Waals surface area contributed by atoms with E-state index in [9.17, 15) is 17.6 Å². The van der Waals surface area contributed by atoms with Crippen molar-refractivity contribution in [2.24, 2.45) is 5.92 Å². The first kappa shape index (κ1) is 23.5. The van der Waals surface area contributed by atoms with Crippen LogP contribution in [0, 0.1) is 11.7 Å². The molecule has 0 spiro atoms. The minimum atomic E-state index is -4.78. The summed E-state index contributed by atoms with van der Waals surface area (Å²) in [6.07, 6.45) is 3.41. The van der Waals surface area contributed by atoms with Crippen LogP contribution in [-0.4, -0.2) is 46.9 Å². The molecule has 1 aromatic carbocycles. The van der Waals surface area contributed by atoms with Gasteiger partial charge in [0.05, 0.1) is 6.20 Å². The lowest BCUT2D eigenvalue weighted by Crippen LogP contribution is -2.37. The first-order chi connectivity index (χ1) is 15.9. The van der Waals surface area contributed by atoms with Crippen molar-refractivity contribution in [3.05, 3.63) is 41.8 Å². The quantitative estimate of drug-likeness (QED) is 0.521. The van der Waals surface area contributed by atoms with Gasteiger partial charge in [-0.2, -0.15) is 4.98 Å². The van der Waals surface area contributed by atoms with Crippen LogP contribution in [0.4, 0.5) is 29.3 Å². The molecular weight excluding hydrogens is 438 g/mol. The zero-order chi connectivity index (χ0) is 23.3. The zero-order valence-electron chi connectivity index (χ0n) is 18.4. The molecule has 0 bridgehead atoms. The van der Waals surface area contributed by atoms with Gasteiger partial charge >= 0.3 is 6.36 Å². The minimum Gasteiger partial charge on any atom is -0.405 e. The Balaban J connectivity index is 1.30. The number of alkyl halides is 3. The molecule has 33 heavy (non-hydrogen) atoms. The highest BCUT2D eigenvalue weighted by atomic mass is 19.4. The molecule has 2 aliphatic rings. The minimum absolute atomic E-state index is 0.00214. The number of halogens is 4. The van der Waals surface area contributed by atoms with E-state index in [-0.39, 0.29) is 29.6 Å². The van der Waals surface area contributed by atoms with Crippen molar-refractivity contribution in [2.45, 2.75) is 57.5 Å². The largest absolute Gasteiger partial charge is 0.573 e. The van der Waals surface area contributed by atoms with Crippen molar-refractivity contribution in [3.8, 4) is 5.75 Å². The van der Waals surface area contributed by atoms with Crippen molar-refractivity contribution >= 4 is 11.8 Å². The third kappa shape index (κ3) is 6.69. The molecule has 1 aliphatic heterocycles. The van der Waals surface area contributed by atoms with Crippen LogP contribution in [-0.2, 0) is 6.54 Å². The van der Waals surface area contributed by atoms with E-state index in [1.807, 2.05) is 0 Å². The summed E-state index contributed by atoms with van der Waals surface area (Å²) in [6.45, 7) is 3.05. The number of nitrogens with zero attached hydrogens (tertiary/aromatic N) is 3. The number of aromatic nitrogens is 2. The van der Waals surface area contributed by atoms with Crippen molar-refractivity contribution < 1.29 is 22.3 Å². The van der Waals surface area contributed by atoms with E-state index in [1.54, 1.807) is 6.07 Å². The third-order valence-corrected chi connectivity index (χ3v) is 6.41. The number of hydrogen-bond donors (Lipinski definition) is 2. The number of para-hydroxylation sites is 1. The second-order valence-electron chi connectivity index (χ2n) is 8.70. The van der Waals surface area contributed by atoms with Crippen molar-refractivity contribution in [3.63, 3.8) is 0 Å². The fraction of sp³-hybridized carbons (Fsp3) is 0.565. The first-order valence-electron chi connectivity index (χ1n) is 11.5. The number of ether oxygens (including phenoxy) is 1. The average Bonchev–Trinajstić information content (AvgIpc) is 3.33. The van der Waals surface area contributed by atoms with Gasteiger partial charge in [0.25, 0.3) is 0 Å². The van der Waals surface area contributed by atoms with E-state index in [0.29, 0.717) is 18.5 Å². The van der Waals surface area contributed by atoms with Crippen LogP contribution in [0.2, 0.25) is 0 Å². The van der Waals surface area contributed by atoms with Crippen LogP contribution >= 0.6 is 0 Å². The Hall–Kier alpha value is -2.62. The molecule has 2 heterocycles. The van der Waals surface area contributed by atoms with Crippen molar-refractivity contribution in [2.75, 3.05) is 30.3 Å². The fourth-order valence-electron chi connectivity index (χ4n) is 4.69. The number of benzene rings is 1. The summed E-state index contributed by atoms with van der Waals surface area (Å²) in [5.41, 5.74) is 0.284. The molecule has 0 amide bonds. The highest BCUT2D eigenvalue weighted by molar-refractivity contribution is 5.42. The van der Waals surface area contributed by atoms with E-state index in [2.05, 4.69) is 30.2 Å². The van der Waals surface area contributed by atoms with Crippen LogP contribution in [0.15, 0.2) is 30.5 Å². The van der Waals surface area contributed by atoms with Gasteiger partial charge < -0.3 is 20.3 Å². The molecule has 0 radical (unpaired) electrons. The molecule has 0 unspecified atom stereocenters. The molecule has 1 aliphatic carbocycles. The maximum Gasteiger partial charge on any atom is 0.573 e. The monoisotopic (exact) mass is 467 g/mol. The van der Waals surface area contributed by atoms with Gasteiger partial charge in [-0.15, -0.1) is 13.2 Å². The highest BCUT2D eigenvalue weighted by Crippen LogP contribution is 2.30. The number of likely N-dealkylation sites (tertiary alicyclic amines) is 1. The summed E-state index contributed by atoms with van der Waals surface area (Å²) in [4.78, 5) is 10.7. The third-order valence-electron chi connectivity index (χ3n) is 6.41. The van der Waals surface area contributed by atoms with Gasteiger partial charge in [-0.1, -0.05) is 18.2 Å². The summed E-state index contributed by atoms with van der Waals surface area (Å²) in [7, 11) is 0. The fourth-order valence-corrected chi connectivity index (χ4v) is 4.69. The SMILES string of the molecule is Fc1cnc(NCc2ccccc2OC(F)(F)F)nc1NC[C@H]1CC[C@H](N2CCCC2)CC1. The van der Waals surface area contributed by atoms with Gasteiger partial charge in [-0.25, -0.2) is 9.37 Å². The van der Waals surface area contributed by atoms with Crippen LogP contribution in [0.3, 0.4) is 0 Å². The predicted octanol–water partition coefficient (Wildman–Crippen LogP) is 5.19. The lowest BCUT2D eigenvalue weighted by atomic mass is 9.85. The molecule has 1 saturated carbocycles. The zero-order valence-corrected chi connectivity index (χ0v) is 18.4. The Morgan fingerprint density at radius 3 is 2.48 bits per heavy atom. The van der Waals surface area contributed by atoms with E-state index in [1.165, 1.54) is 57.0 Å². The van der Waals surface area contributed by atoms with Crippen molar-refractivity contribution in [1.29, 1.82) is 0 Å². The molecule has 0 atom stereocenters. The topological polar surface area (TPSA) is 62.3 Å². The number of rotatable bonds is 8. The normalized spacial score (nSPS) is 21.7. The Labute approximate surface area is 190 Å². The van der Waals surface area contributed by atoms with Crippen LogP contribution in [0.1, 0.15) is 44.1 Å². The van der Waals surface area contributed by atoms with Crippen LogP contribution in [0.25, 0.3) is 0 Å². The van der Waals surface area contributed by atoms with Crippen LogP contribution in [0.5, 0.6) is 5.75 Å². The smallest absolute Gasteiger partial charge is 0.405 e. The molecule has 4 rings (SSSR count). The summed E-state index contributed by atoms with van der Waals surface area (Å²) < 4.78 is 56.1. The van der Waals surface area contributed by atoms with Gasteiger partial charge in [-0.3, -0.25) is 0 Å². The standard InChI is InChI=1S/C23H29F4N5O/c24-19-15-30-22(29-14-17-5-1-2-6-20(17)33-23(25,26)27)31-21(19)28-13-16-7-9-18(10-8-16)32-11-3-4-12-32/h1-2,5-6,15-16,18H,3-4,7-14H2,(H2,28,29,30,31)/t16-,18-. The molecule has 10 heteroatoms. The predicted molar refractivity (Wildman–Crippen MR) is 117 cm³/mol.